The van der Waals surface area contributed by atoms with Crippen molar-refractivity contribution in [3.63, 3.8) is 0 Å². The maximum atomic E-state index is 12.0. The number of nitrogens with zero attached hydrogens (tertiary/aromatic N) is 3. The zero-order valence-electron chi connectivity index (χ0n) is 16.6. The van der Waals surface area contributed by atoms with Gasteiger partial charge in [-0.2, -0.15) is 0 Å². The molecule has 2 aromatic carbocycles. The van der Waals surface area contributed by atoms with Gasteiger partial charge in [-0.25, -0.2) is 4.98 Å². The number of benzene rings is 2. The number of hydrogen-bond acceptors (Lipinski definition) is 3. The van der Waals surface area contributed by atoms with E-state index in [1.807, 2.05) is 29.7 Å². The van der Waals surface area contributed by atoms with Crippen molar-refractivity contribution in [2.24, 2.45) is 16.6 Å². The summed E-state index contributed by atoms with van der Waals surface area (Å²) in [6.07, 6.45) is 5.59. The van der Waals surface area contributed by atoms with Gasteiger partial charge in [0.25, 0.3) is 5.91 Å². The normalized spacial score (nSPS) is 25.9. The summed E-state index contributed by atoms with van der Waals surface area (Å²) >= 11 is 3.71. The van der Waals surface area contributed by atoms with Crippen molar-refractivity contribution in [3.8, 4) is 5.69 Å². The molecule has 0 saturated heterocycles. The van der Waals surface area contributed by atoms with Crippen molar-refractivity contribution >= 4 is 27.5 Å². The fourth-order valence-electron chi connectivity index (χ4n) is 5.43. The van der Waals surface area contributed by atoms with Gasteiger partial charge in [0.05, 0.1) is 23.1 Å². The summed E-state index contributed by atoms with van der Waals surface area (Å²) in [6, 6.07) is 14.6. The fourth-order valence-corrected chi connectivity index (χ4v) is 5.90. The highest BCUT2D eigenvalue weighted by atomic mass is 79.9. The molecule has 1 amide bonds. The van der Waals surface area contributed by atoms with Crippen LogP contribution in [0, 0.1) is 5.92 Å². The zero-order valence-corrected chi connectivity index (χ0v) is 18.2. The van der Waals surface area contributed by atoms with Crippen LogP contribution in [0.25, 0.3) is 5.69 Å². The Hall–Kier alpha value is -2.73. The van der Waals surface area contributed by atoms with E-state index in [4.69, 9.17) is 10.7 Å². The molecular formula is C24H21BrN4O. The van der Waals surface area contributed by atoms with Crippen LogP contribution in [-0.4, -0.2) is 21.2 Å². The lowest BCUT2D eigenvalue weighted by Crippen LogP contribution is -2.55. The van der Waals surface area contributed by atoms with Crippen LogP contribution in [0.2, 0.25) is 0 Å². The van der Waals surface area contributed by atoms with Gasteiger partial charge in [0.1, 0.15) is 6.33 Å². The van der Waals surface area contributed by atoms with Crippen molar-refractivity contribution in [1.82, 2.24) is 9.55 Å². The summed E-state index contributed by atoms with van der Waals surface area (Å²) in [5.74, 6) is 0.390. The van der Waals surface area contributed by atoms with Crippen molar-refractivity contribution in [1.29, 1.82) is 0 Å². The quantitative estimate of drug-likeness (QED) is 0.614. The molecule has 0 radical (unpaired) electrons. The van der Waals surface area contributed by atoms with E-state index in [2.05, 4.69) is 45.2 Å². The number of amides is 1. The van der Waals surface area contributed by atoms with E-state index in [-0.39, 0.29) is 11.7 Å². The smallest absolute Gasteiger partial charge is 0.269 e. The minimum absolute atomic E-state index is 0.261. The molecule has 3 aliphatic carbocycles. The van der Waals surface area contributed by atoms with Gasteiger partial charge >= 0.3 is 0 Å². The second-order valence-electron chi connectivity index (χ2n) is 8.84. The average Bonchev–Trinajstić information content (AvgIpc) is 3.05. The van der Waals surface area contributed by atoms with Gasteiger partial charge in [-0.15, -0.1) is 0 Å². The molecule has 1 atom stereocenters. The lowest BCUT2D eigenvalue weighted by Gasteiger charge is -2.62. The highest BCUT2D eigenvalue weighted by Gasteiger charge is 2.57. The molecule has 1 aliphatic heterocycles. The van der Waals surface area contributed by atoms with Gasteiger partial charge in [-0.05, 0) is 61.3 Å². The Morgan fingerprint density at radius 2 is 1.93 bits per heavy atom. The third kappa shape index (κ3) is 2.37. The molecule has 150 valence electrons. The predicted octanol–water partition coefficient (Wildman–Crippen LogP) is 4.70. The molecule has 2 bridgehead atoms. The first-order valence-electron chi connectivity index (χ1n) is 10.3. The molecule has 7 rings (SSSR count). The maximum Gasteiger partial charge on any atom is 0.269 e. The molecule has 3 fully saturated rings. The topological polar surface area (TPSA) is 73.3 Å². The van der Waals surface area contributed by atoms with Crippen molar-refractivity contribution in [2.75, 3.05) is 0 Å². The van der Waals surface area contributed by atoms with E-state index in [0.717, 1.165) is 38.6 Å². The lowest BCUT2D eigenvalue weighted by molar-refractivity contribution is -0.0274. The predicted molar refractivity (Wildman–Crippen MR) is 119 cm³/mol. The number of rotatable bonds is 3. The molecule has 30 heavy (non-hydrogen) atoms. The van der Waals surface area contributed by atoms with Crippen molar-refractivity contribution < 1.29 is 4.79 Å². The first-order chi connectivity index (χ1) is 14.5. The number of carbonyl (C=O) groups excluding carboxylic acids is 1. The number of carbonyl (C=O) groups is 1. The van der Waals surface area contributed by atoms with E-state index < -0.39 is 5.91 Å². The Bertz CT molecular complexity index is 1240. The third-order valence-corrected chi connectivity index (χ3v) is 7.74. The van der Waals surface area contributed by atoms with Gasteiger partial charge in [-0.1, -0.05) is 40.2 Å². The monoisotopic (exact) mass is 460 g/mol. The van der Waals surface area contributed by atoms with Crippen LogP contribution in [0.1, 0.15) is 65.1 Å². The van der Waals surface area contributed by atoms with E-state index >= 15 is 0 Å². The third-order valence-electron chi connectivity index (χ3n) is 7.05. The zero-order chi connectivity index (χ0) is 20.6. The average molecular weight is 461 g/mol. The summed E-state index contributed by atoms with van der Waals surface area (Å²) in [4.78, 5) is 21.5. The Morgan fingerprint density at radius 1 is 1.17 bits per heavy atom. The number of fused-ring (bicyclic) bond motifs is 3. The van der Waals surface area contributed by atoms with Gasteiger partial charge in [0.15, 0.2) is 5.69 Å². The minimum atomic E-state index is -0.526. The molecule has 0 unspecified atom stereocenters. The van der Waals surface area contributed by atoms with Crippen LogP contribution in [0.15, 0.2) is 58.3 Å². The Balaban J connectivity index is 1.63. The van der Waals surface area contributed by atoms with Gasteiger partial charge in [0, 0.05) is 15.6 Å². The van der Waals surface area contributed by atoms with Crippen molar-refractivity contribution in [2.45, 2.75) is 37.6 Å². The summed E-state index contributed by atoms with van der Waals surface area (Å²) < 4.78 is 2.98. The maximum absolute atomic E-state index is 12.0. The van der Waals surface area contributed by atoms with Gasteiger partial charge in [-0.3, -0.25) is 14.4 Å². The number of aromatic nitrogens is 2. The van der Waals surface area contributed by atoms with Gasteiger partial charge < -0.3 is 5.73 Å². The molecule has 2 N–H and O–H groups in total. The fraction of sp³-hybridized carbons (Fsp3) is 0.292. The number of halogens is 1. The van der Waals surface area contributed by atoms with E-state index in [1.54, 1.807) is 6.33 Å². The summed E-state index contributed by atoms with van der Waals surface area (Å²) in [6.45, 7) is 1.99. The second-order valence-corrected chi connectivity index (χ2v) is 9.69. The van der Waals surface area contributed by atoms with E-state index in [0.29, 0.717) is 5.41 Å². The van der Waals surface area contributed by atoms with Crippen LogP contribution in [-0.2, 0) is 5.41 Å². The molecule has 0 spiro atoms. The molecule has 2 heterocycles. The molecule has 1 aromatic heterocycles. The number of imidazole rings is 1. The Kier molecular flexibility index (Phi) is 3.70. The summed E-state index contributed by atoms with van der Waals surface area (Å²) in [7, 11) is 0. The van der Waals surface area contributed by atoms with Crippen LogP contribution < -0.4 is 5.73 Å². The molecule has 3 saturated carbocycles. The standard InChI is InChI=1S/C24H21BrN4O/c1-13-22-21(23(26)30)27-12-29(22)19-7-6-15(24-9-14(10-24)11-24)8-17(19)20(28-13)16-4-2-3-5-18(16)25/h2-8,12-14H,9-11H2,1H3,(H2,26,30)/t13-,14?,24?/m1/s1. The molecule has 6 heteroatoms. The first kappa shape index (κ1) is 18.1. The van der Waals surface area contributed by atoms with Gasteiger partial charge in [0.2, 0.25) is 0 Å². The van der Waals surface area contributed by atoms with Crippen LogP contribution in [0.3, 0.4) is 0 Å². The first-order valence-corrected chi connectivity index (χ1v) is 11.1. The number of nitrogens with two attached hydrogens (primary N) is 1. The molecule has 3 aromatic rings. The van der Waals surface area contributed by atoms with E-state index in [1.165, 1.54) is 24.8 Å². The van der Waals surface area contributed by atoms with Crippen molar-refractivity contribution in [3.05, 3.63) is 81.3 Å². The Morgan fingerprint density at radius 3 is 2.60 bits per heavy atom. The van der Waals surface area contributed by atoms with Crippen LogP contribution in [0.5, 0.6) is 0 Å². The largest absolute Gasteiger partial charge is 0.364 e. The minimum Gasteiger partial charge on any atom is -0.364 e. The number of aliphatic imine (C=N–C) groups is 1. The molecule has 4 aliphatic rings. The van der Waals surface area contributed by atoms with E-state index in [9.17, 15) is 4.79 Å². The summed E-state index contributed by atoms with van der Waals surface area (Å²) in [5, 5.41) is 0. The SMILES string of the molecule is C[C@H]1N=C(c2ccccc2Br)c2cc(C34CC(C3)C4)ccc2-n2cnc(C(N)=O)c21. The second kappa shape index (κ2) is 6.14. The molecule has 5 nitrogen and oxygen atoms in total. The Labute approximate surface area is 183 Å². The highest BCUT2D eigenvalue weighted by molar-refractivity contribution is 9.10. The highest BCUT2D eigenvalue weighted by Crippen LogP contribution is 2.65. The number of primary amides is 1. The number of hydrogen-bond donors (Lipinski definition) is 1. The lowest BCUT2D eigenvalue weighted by atomic mass is 9.42. The molecular weight excluding hydrogens is 440 g/mol. The van der Waals surface area contributed by atoms with Crippen LogP contribution >= 0.6 is 15.9 Å². The van der Waals surface area contributed by atoms with Crippen LogP contribution in [0.4, 0.5) is 0 Å². The summed E-state index contributed by atoms with van der Waals surface area (Å²) in [5.41, 5.74) is 12.4.